The highest BCUT2D eigenvalue weighted by atomic mass is 19.1. The number of carbonyl (C=O) groups excluding carboxylic acids is 1. The summed E-state index contributed by atoms with van der Waals surface area (Å²) in [7, 11) is 0. The van der Waals surface area contributed by atoms with Gasteiger partial charge in [-0.25, -0.2) is 4.39 Å². The van der Waals surface area contributed by atoms with Crippen molar-refractivity contribution in [1.29, 1.82) is 0 Å². The van der Waals surface area contributed by atoms with Crippen molar-refractivity contribution in [2.45, 2.75) is 38.0 Å². The third-order valence-corrected chi connectivity index (χ3v) is 4.58. The van der Waals surface area contributed by atoms with Crippen LogP contribution in [0, 0.1) is 5.82 Å². The first-order valence-electron chi connectivity index (χ1n) is 8.39. The number of rotatable bonds is 5. The van der Waals surface area contributed by atoms with E-state index in [9.17, 15) is 9.18 Å². The lowest BCUT2D eigenvalue weighted by Gasteiger charge is -2.22. The Morgan fingerprint density at radius 2 is 1.79 bits per heavy atom. The van der Waals surface area contributed by atoms with Crippen LogP contribution in [-0.4, -0.2) is 17.5 Å². The van der Waals surface area contributed by atoms with E-state index in [0.29, 0.717) is 11.7 Å². The highest BCUT2D eigenvalue weighted by Crippen LogP contribution is 2.34. The second-order valence-corrected chi connectivity index (χ2v) is 6.23. The lowest BCUT2D eigenvalue weighted by Crippen LogP contribution is -2.05. The monoisotopic (exact) mass is 328 g/mol. The topological polar surface area (TPSA) is 46.5 Å². The van der Waals surface area contributed by atoms with Gasteiger partial charge in [-0.15, -0.1) is 0 Å². The van der Waals surface area contributed by atoms with E-state index in [0.717, 1.165) is 6.07 Å². The Morgan fingerprint density at radius 1 is 1.08 bits per heavy atom. The summed E-state index contributed by atoms with van der Waals surface area (Å²) in [4.78, 5) is 11.4. The zero-order chi connectivity index (χ0) is 16.9. The molecule has 4 heteroatoms. The molecule has 0 radical (unpaired) electrons. The predicted octanol–water partition coefficient (Wildman–Crippen LogP) is 4.84. The number of ketones is 1. The van der Waals surface area contributed by atoms with Crippen LogP contribution in [0.3, 0.4) is 0 Å². The van der Waals surface area contributed by atoms with E-state index in [-0.39, 0.29) is 11.3 Å². The number of aliphatic hydroxyl groups is 1. The molecule has 0 heterocycles. The van der Waals surface area contributed by atoms with E-state index in [2.05, 4.69) is 0 Å². The minimum absolute atomic E-state index is 0.0647. The first-order valence-corrected chi connectivity index (χ1v) is 8.39. The Morgan fingerprint density at radius 3 is 2.42 bits per heavy atom. The molecule has 3 nitrogen and oxygen atoms in total. The van der Waals surface area contributed by atoms with Crippen molar-refractivity contribution in [3.63, 3.8) is 0 Å². The van der Waals surface area contributed by atoms with E-state index >= 15 is 0 Å². The Labute approximate surface area is 141 Å². The number of Topliss-reactive ketones (excluding diaryl/α,β-unsaturated/α-hetero) is 1. The van der Waals surface area contributed by atoms with Gasteiger partial charge in [0.1, 0.15) is 12.4 Å². The molecule has 0 bridgehead atoms. The normalized spacial score (nSPS) is 15.2. The highest BCUT2D eigenvalue weighted by Gasteiger charge is 2.15. The fourth-order valence-corrected chi connectivity index (χ4v) is 3.22. The molecule has 1 saturated carbocycles. The molecule has 0 atom stereocenters. The SMILES string of the molecule is O=C(CO)c1ccc(Oc2ccc(C3CCCCC3)cc2)c(F)c1. The molecule has 2 aromatic rings. The van der Waals surface area contributed by atoms with Gasteiger partial charge in [-0.3, -0.25) is 4.79 Å². The van der Waals surface area contributed by atoms with E-state index in [1.807, 2.05) is 24.3 Å². The van der Waals surface area contributed by atoms with Crippen LogP contribution < -0.4 is 4.74 Å². The van der Waals surface area contributed by atoms with E-state index < -0.39 is 18.2 Å². The summed E-state index contributed by atoms with van der Waals surface area (Å²) in [6.07, 6.45) is 6.36. The molecule has 0 amide bonds. The summed E-state index contributed by atoms with van der Waals surface area (Å²) in [5.74, 6) is 0.112. The van der Waals surface area contributed by atoms with E-state index in [1.54, 1.807) is 0 Å². The molecule has 3 rings (SSSR count). The fraction of sp³-hybridized carbons (Fsp3) is 0.350. The largest absolute Gasteiger partial charge is 0.454 e. The number of hydrogen-bond donors (Lipinski definition) is 1. The maximum Gasteiger partial charge on any atom is 0.188 e. The Bertz CT molecular complexity index is 703. The first-order chi connectivity index (χ1) is 11.7. The molecule has 0 saturated heterocycles. The zero-order valence-electron chi connectivity index (χ0n) is 13.5. The van der Waals surface area contributed by atoms with Gasteiger partial charge in [-0.05, 0) is 54.7 Å². The van der Waals surface area contributed by atoms with Crippen molar-refractivity contribution in [2.24, 2.45) is 0 Å². The third-order valence-electron chi connectivity index (χ3n) is 4.58. The third kappa shape index (κ3) is 3.82. The molecule has 0 aromatic heterocycles. The molecule has 0 unspecified atom stereocenters. The second-order valence-electron chi connectivity index (χ2n) is 6.23. The van der Waals surface area contributed by atoms with Crippen molar-refractivity contribution in [2.75, 3.05) is 6.61 Å². The van der Waals surface area contributed by atoms with Crippen LogP contribution in [0.5, 0.6) is 11.5 Å². The molecule has 24 heavy (non-hydrogen) atoms. The Kier molecular flexibility index (Phi) is 5.26. The fourth-order valence-electron chi connectivity index (χ4n) is 3.22. The number of hydrogen-bond acceptors (Lipinski definition) is 3. The van der Waals surface area contributed by atoms with Crippen LogP contribution >= 0.6 is 0 Å². The van der Waals surface area contributed by atoms with Gasteiger partial charge in [0, 0.05) is 5.56 Å². The molecule has 1 N–H and O–H groups in total. The maximum absolute atomic E-state index is 14.0. The second kappa shape index (κ2) is 7.58. The average molecular weight is 328 g/mol. The summed E-state index contributed by atoms with van der Waals surface area (Å²) >= 11 is 0. The molecule has 2 aromatic carbocycles. The van der Waals surface area contributed by atoms with Gasteiger partial charge in [0.2, 0.25) is 0 Å². The summed E-state index contributed by atoms with van der Waals surface area (Å²) < 4.78 is 19.6. The van der Waals surface area contributed by atoms with Crippen molar-refractivity contribution in [3.8, 4) is 11.5 Å². The van der Waals surface area contributed by atoms with Crippen molar-refractivity contribution >= 4 is 5.78 Å². The molecule has 0 spiro atoms. The summed E-state index contributed by atoms with van der Waals surface area (Å²) in [5.41, 5.74) is 1.45. The minimum atomic E-state index is -0.637. The van der Waals surface area contributed by atoms with Gasteiger partial charge in [0.15, 0.2) is 17.3 Å². The predicted molar refractivity (Wildman–Crippen MR) is 90.2 cm³/mol. The lowest BCUT2D eigenvalue weighted by molar-refractivity contribution is 0.0903. The van der Waals surface area contributed by atoms with Gasteiger partial charge in [0.25, 0.3) is 0 Å². The molecular weight excluding hydrogens is 307 g/mol. The molecular formula is C20H21FO3. The number of carbonyl (C=O) groups is 1. The van der Waals surface area contributed by atoms with Gasteiger partial charge in [-0.2, -0.15) is 0 Å². The minimum Gasteiger partial charge on any atom is -0.454 e. The number of ether oxygens (including phenoxy) is 1. The maximum atomic E-state index is 14.0. The molecule has 1 aliphatic rings. The summed E-state index contributed by atoms with van der Waals surface area (Å²) in [6, 6.07) is 11.8. The number of halogens is 1. The smallest absolute Gasteiger partial charge is 0.188 e. The number of aliphatic hydroxyl groups excluding tert-OH is 1. The van der Waals surface area contributed by atoms with Gasteiger partial charge < -0.3 is 9.84 Å². The zero-order valence-corrected chi connectivity index (χ0v) is 13.5. The van der Waals surface area contributed by atoms with Crippen LogP contribution in [-0.2, 0) is 0 Å². The van der Waals surface area contributed by atoms with E-state index in [4.69, 9.17) is 9.84 Å². The molecule has 126 valence electrons. The van der Waals surface area contributed by atoms with Crippen LogP contribution in [0.15, 0.2) is 42.5 Å². The summed E-state index contributed by atoms with van der Waals surface area (Å²) in [5, 5.41) is 8.81. The van der Waals surface area contributed by atoms with Crippen LogP contribution in [0.4, 0.5) is 4.39 Å². The van der Waals surface area contributed by atoms with Crippen molar-refractivity contribution < 1.29 is 19.0 Å². The Balaban J connectivity index is 1.70. The van der Waals surface area contributed by atoms with Crippen LogP contribution in [0.2, 0.25) is 0 Å². The highest BCUT2D eigenvalue weighted by molar-refractivity contribution is 5.97. The Hall–Kier alpha value is -2.20. The van der Waals surface area contributed by atoms with Crippen LogP contribution in [0.1, 0.15) is 53.9 Å². The number of benzene rings is 2. The van der Waals surface area contributed by atoms with Gasteiger partial charge >= 0.3 is 0 Å². The standard InChI is InChI=1S/C20H21FO3/c21-18-12-16(19(23)13-22)8-11-20(18)24-17-9-6-15(7-10-17)14-4-2-1-3-5-14/h6-12,14,22H,1-5,13H2. The summed E-state index contributed by atoms with van der Waals surface area (Å²) in [6.45, 7) is -0.637. The van der Waals surface area contributed by atoms with Crippen molar-refractivity contribution in [1.82, 2.24) is 0 Å². The first kappa shape index (κ1) is 16.7. The quantitative estimate of drug-likeness (QED) is 0.799. The molecule has 1 aliphatic carbocycles. The molecule has 1 fully saturated rings. The molecule has 0 aliphatic heterocycles. The van der Waals surface area contributed by atoms with E-state index in [1.165, 1.54) is 49.8 Å². The van der Waals surface area contributed by atoms with Crippen LogP contribution in [0.25, 0.3) is 0 Å². The van der Waals surface area contributed by atoms with Gasteiger partial charge in [-0.1, -0.05) is 31.4 Å². The average Bonchev–Trinajstić information content (AvgIpc) is 2.64. The van der Waals surface area contributed by atoms with Crippen molar-refractivity contribution in [3.05, 3.63) is 59.4 Å². The lowest BCUT2D eigenvalue weighted by atomic mass is 9.84. The van der Waals surface area contributed by atoms with Gasteiger partial charge in [0.05, 0.1) is 0 Å².